The van der Waals surface area contributed by atoms with Crippen LogP contribution in [-0.2, 0) is 32.5 Å². The molecule has 6 rings (SSSR count). The molecule has 3 heterocycles. The number of anilines is 1. The van der Waals surface area contributed by atoms with Crippen LogP contribution in [0.25, 0.3) is 0 Å². The molecule has 1 saturated heterocycles. The van der Waals surface area contributed by atoms with Crippen LogP contribution in [0.3, 0.4) is 0 Å². The van der Waals surface area contributed by atoms with E-state index in [1.54, 1.807) is 25.3 Å². The molecule has 1 aliphatic carbocycles. The second kappa shape index (κ2) is 15.8. The summed E-state index contributed by atoms with van der Waals surface area (Å²) >= 11 is 6.43. The number of allylic oxidation sites excluding steroid dienone is 1. The average Bonchev–Trinajstić information content (AvgIpc) is 3.06. The van der Waals surface area contributed by atoms with Gasteiger partial charge in [-0.1, -0.05) is 36.7 Å². The minimum atomic E-state index is -2.51. The third-order valence-electron chi connectivity index (χ3n) is 10.4. The maximum atomic E-state index is 13.7. The lowest BCUT2D eigenvalue weighted by Crippen LogP contribution is -2.58. The summed E-state index contributed by atoms with van der Waals surface area (Å²) in [6.07, 6.45) is 6.46. The molecule has 266 valence electrons. The second-order valence-corrected chi connectivity index (χ2v) is 15.3. The summed E-state index contributed by atoms with van der Waals surface area (Å²) in [5.74, 6) is -0.727. The molecule has 2 fully saturated rings. The van der Waals surface area contributed by atoms with Gasteiger partial charge in [-0.3, -0.25) is 4.79 Å². The summed E-state index contributed by atoms with van der Waals surface area (Å²) in [6, 6.07) is 10.6. The van der Waals surface area contributed by atoms with Gasteiger partial charge in [0.1, 0.15) is 5.75 Å². The number of benzene rings is 2. The first-order valence-corrected chi connectivity index (χ1v) is 18.6. The molecule has 1 N–H and O–H groups in total. The van der Waals surface area contributed by atoms with Crippen molar-refractivity contribution >= 4 is 39.8 Å². The van der Waals surface area contributed by atoms with Crippen LogP contribution in [0.15, 0.2) is 52.9 Å². The first kappa shape index (κ1) is 35.6. The zero-order chi connectivity index (χ0) is 34.7. The molecular formula is C36H44ClF2N4O5S-. The number of rotatable bonds is 3. The Hall–Kier alpha value is -3.22. The number of amides is 3. The van der Waals surface area contributed by atoms with Crippen molar-refractivity contribution in [2.45, 2.75) is 69.9 Å². The van der Waals surface area contributed by atoms with Gasteiger partial charge in [-0.25, -0.2) is 13.6 Å². The highest BCUT2D eigenvalue weighted by Crippen LogP contribution is 2.42. The fraction of sp³-hybridized carbons (Fsp3) is 0.556. The van der Waals surface area contributed by atoms with Crippen molar-refractivity contribution in [3.05, 3.63) is 70.3 Å². The van der Waals surface area contributed by atoms with E-state index in [9.17, 15) is 22.6 Å². The maximum absolute atomic E-state index is 13.7. The Bertz CT molecular complexity index is 1650. The van der Waals surface area contributed by atoms with Gasteiger partial charge in [0.15, 0.2) is 0 Å². The molecule has 0 radical (unpaired) electrons. The molecule has 4 aliphatic rings. The van der Waals surface area contributed by atoms with Crippen molar-refractivity contribution in [3.8, 4) is 5.75 Å². The van der Waals surface area contributed by atoms with E-state index in [2.05, 4.69) is 20.6 Å². The van der Waals surface area contributed by atoms with Gasteiger partial charge in [0.05, 0.1) is 24.3 Å². The normalized spacial score (nSPS) is 27.7. The molecule has 3 aliphatic heterocycles. The van der Waals surface area contributed by atoms with Gasteiger partial charge in [-0.2, -0.15) is 10.6 Å². The second-order valence-electron chi connectivity index (χ2n) is 13.7. The highest BCUT2D eigenvalue weighted by molar-refractivity contribution is 7.75. The number of fused-ring (bicyclic) bond motifs is 3. The van der Waals surface area contributed by atoms with Gasteiger partial charge in [0, 0.05) is 43.9 Å². The van der Waals surface area contributed by atoms with Crippen LogP contribution in [0.2, 0.25) is 5.02 Å². The number of halogens is 3. The SMILES string of the molecule is CO[C@H]1/C=C/C[C@H](C)C(NC(=O)N2CC(C(F)F)C2)[S-](=O)=NC(=O)c2ccc3c(c2)N(Cc2ccc(Cl)cc2CCCCO3)C[C@@H]2CC[C@H]21. The minimum absolute atomic E-state index is 0.0868. The first-order chi connectivity index (χ1) is 23.6. The van der Waals surface area contributed by atoms with Gasteiger partial charge in [-0.05, 0) is 103 Å². The topological polar surface area (TPSA) is 101 Å². The zero-order valence-corrected chi connectivity index (χ0v) is 29.4. The number of ether oxygens (including phenoxy) is 2. The Morgan fingerprint density at radius 2 is 1.94 bits per heavy atom. The Morgan fingerprint density at radius 1 is 1.12 bits per heavy atom. The fourth-order valence-corrected chi connectivity index (χ4v) is 8.46. The van der Waals surface area contributed by atoms with Gasteiger partial charge in [-0.15, -0.1) is 0 Å². The van der Waals surface area contributed by atoms with Gasteiger partial charge in [0.2, 0.25) is 6.43 Å². The largest absolute Gasteiger partial charge is 0.491 e. The number of nitrogens with one attached hydrogen (secondary N) is 1. The van der Waals surface area contributed by atoms with Gasteiger partial charge < -0.3 is 33.2 Å². The number of hydrogen-bond donors (Lipinski definition) is 1. The van der Waals surface area contributed by atoms with E-state index >= 15 is 0 Å². The molecule has 13 heteroatoms. The smallest absolute Gasteiger partial charge is 0.316 e. The number of urea groups is 1. The lowest BCUT2D eigenvalue weighted by molar-refractivity contribution is -0.00498. The third kappa shape index (κ3) is 8.23. The van der Waals surface area contributed by atoms with E-state index in [1.807, 2.05) is 31.2 Å². The molecule has 5 atom stereocenters. The van der Waals surface area contributed by atoms with Crippen molar-refractivity contribution in [1.82, 2.24) is 10.2 Å². The van der Waals surface area contributed by atoms with Crippen LogP contribution in [0.1, 0.15) is 60.5 Å². The number of methoxy groups -OCH3 is 1. The van der Waals surface area contributed by atoms with Crippen LogP contribution < -0.4 is 15.0 Å². The first-order valence-electron chi connectivity index (χ1n) is 17.1. The summed E-state index contributed by atoms with van der Waals surface area (Å²) in [6.45, 7) is 3.45. The molecule has 0 aromatic heterocycles. The number of carbonyl (C=O) groups is 2. The van der Waals surface area contributed by atoms with E-state index in [-0.39, 0.29) is 30.7 Å². The van der Waals surface area contributed by atoms with Crippen molar-refractivity contribution in [2.24, 2.45) is 28.0 Å². The van der Waals surface area contributed by atoms with E-state index in [0.717, 1.165) is 43.4 Å². The van der Waals surface area contributed by atoms with Crippen molar-refractivity contribution < 1.29 is 32.1 Å². The highest BCUT2D eigenvalue weighted by Gasteiger charge is 2.39. The van der Waals surface area contributed by atoms with Crippen molar-refractivity contribution in [3.63, 3.8) is 0 Å². The number of nitrogens with zero attached hydrogens (tertiary/aromatic N) is 3. The number of alkyl halides is 2. The molecule has 1 unspecified atom stereocenters. The minimum Gasteiger partial charge on any atom is -0.491 e. The van der Waals surface area contributed by atoms with Crippen LogP contribution in [0.5, 0.6) is 5.75 Å². The molecule has 2 aromatic rings. The molecule has 1 saturated carbocycles. The van der Waals surface area contributed by atoms with Gasteiger partial charge in [0.25, 0.3) is 5.91 Å². The summed E-state index contributed by atoms with van der Waals surface area (Å²) in [4.78, 5) is 30.2. The summed E-state index contributed by atoms with van der Waals surface area (Å²) in [5, 5.41) is 2.40. The maximum Gasteiger partial charge on any atom is 0.316 e. The highest BCUT2D eigenvalue weighted by atomic mass is 35.5. The van der Waals surface area contributed by atoms with E-state index in [4.69, 9.17) is 21.1 Å². The molecule has 9 nitrogen and oxygen atoms in total. The van der Waals surface area contributed by atoms with Crippen molar-refractivity contribution in [1.29, 1.82) is 0 Å². The average molecular weight is 718 g/mol. The summed E-state index contributed by atoms with van der Waals surface area (Å²) in [5.41, 5.74) is 3.34. The quantitative estimate of drug-likeness (QED) is 0.266. The lowest BCUT2D eigenvalue weighted by Gasteiger charge is -2.43. The van der Waals surface area contributed by atoms with Crippen LogP contribution in [0, 0.1) is 23.7 Å². The molecule has 49 heavy (non-hydrogen) atoms. The molecule has 2 bridgehead atoms. The monoisotopic (exact) mass is 717 g/mol. The van der Waals surface area contributed by atoms with E-state index in [0.29, 0.717) is 42.8 Å². The number of aryl methyl sites for hydroxylation is 1. The Morgan fingerprint density at radius 3 is 2.67 bits per heavy atom. The van der Waals surface area contributed by atoms with E-state index in [1.165, 1.54) is 10.5 Å². The molecule has 0 spiro atoms. The summed E-state index contributed by atoms with van der Waals surface area (Å²) in [7, 11) is -0.461. The van der Waals surface area contributed by atoms with E-state index < -0.39 is 46.2 Å². The Labute approximate surface area is 293 Å². The fourth-order valence-electron chi connectivity index (χ4n) is 7.17. The summed E-state index contributed by atoms with van der Waals surface area (Å²) < 4.78 is 56.3. The van der Waals surface area contributed by atoms with Gasteiger partial charge >= 0.3 is 6.03 Å². The van der Waals surface area contributed by atoms with Crippen LogP contribution in [0.4, 0.5) is 19.3 Å². The lowest BCUT2D eigenvalue weighted by atomic mass is 9.70. The Balaban J connectivity index is 1.38. The number of likely N-dealkylation sites (tertiary alicyclic amines) is 1. The Kier molecular flexibility index (Phi) is 11.5. The van der Waals surface area contributed by atoms with Crippen LogP contribution >= 0.6 is 11.6 Å². The third-order valence-corrected chi connectivity index (χ3v) is 12.0. The predicted molar refractivity (Wildman–Crippen MR) is 186 cm³/mol. The standard InChI is InChI=1S/C36H44ClF2N4O5S/c1-22-6-5-8-31(47-2)29-13-10-26(29)19-42-18-25-9-12-28(37)16-23(25)7-3-4-15-48-32-14-11-24(17-30(32)42)34(44)41-49(46)35(22)40-36(45)43-20-27(21-43)33(38)39/h5,8-9,11-12,14,16-17,22,26-27,29,31,33,35H,3-4,6-7,10,13,15,18-21H2,1-2H3,(H,40,45)/q-1/b8-5+/t22-,26-,29+,31-,35?/m0/s1. The number of carbonyl (C=O) groups excluding carboxylic acids is 2. The zero-order valence-electron chi connectivity index (χ0n) is 27.9. The predicted octanol–water partition coefficient (Wildman–Crippen LogP) is 7.22. The molecule has 2 aromatic carbocycles. The molecule has 3 amide bonds. The number of hydrogen-bond acceptors (Lipinski definition) is 7. The van der Waals surface area contributed by atoms with Crippen molar-refractivity contribution in [2.75, 3.05) is 38.3 Å². The van der Waals surface area contributed by atoms with Crippen LogP contribution in [-0.4, -0.2) is 68.1 Å². The molecular weight excluding hydrogens is 674 g/mol.